The molecule has 0 saturated carbocycles. The van der Waals surface area contributed by atoms with Crippen molar-refractivity contribution in [2.45, 2.75) is 0 Å². The molecule has 2 aromatic rings. The van der Waals surface area contributed by atoms with Gasteiger partial charge in [0.15, 0.2) is 0 Å². The number of hydrogen-bond donors (Lipinski definition) is 0. The SMILES string of the molecule is C#CCOc1cc(-n2c(=O)nc(N(C)C)n(C)c2=O)c(F)cc1Cl. The van der Waals surface area contributed by atoms with Gasteiger partial charge in [-0.1, -0.05) is 17.5 Å². The number of nitrogens with zero attached hydrogens (tertiary/aromatic N) is 4. The predicted molar refractivity (Wildman–Crippen MR) is 88.7 cm³/mol. The summed E-state index contributed by atoms with van der Waals surface area (Å²) in [5, 5.41) is -0.0331. The Bertz CT molecular complexity index is 943. The summed E-state index contributed by atoms with van der Waals surface area (Å²) in [6.07, 6.45) is 5.10. The van der Waals surface area contributed by atoms with Gasteiger partial charge in [-0.2, -0.15) is 4.98 Å². The van der Waals surface area contributed by atoms with Gasteiger partial charge in [0.1, 0.15) is 18.2 Å². The molecule has 0 unspecified atom stereocenters. The molecule has 126 valence electrons. The normalized spacial score (nSPS) is 10.3. The molecule has 2 rings (SSSR count). The van der Waals surface area contributed by atoms with Gasteiger partial charge in [0.05, 0.1) is 10.7 Å². The van der Waals surface area contributed by atoms with Crippen molar-refractivity contribution in [1.29, 1.82) is 0 Å². The van der Waals surface area contributed by atoms with Gasteiger partial charge in [-0.25, -0.2) is 18.5 Å². The third-order valence-corrected chi connectivity index (χ3v) is 3.41. The van der Waals surface area contributed by atoms with E-state index in [1.54, 1.807) is 14.1 Å². The summed E-state index contributed by atoms with van der Waals surface area (Å²) in [6, 6.07) is 2.07. The molecule has 0 bridgehead atoms. The number of anilines is 1. The first kappa shape index (κ1) is 17.6. The summed E-state index contributed by atoms with van der Waals surface area (Å²) in [5.74, 6) is 1.56. The van der Waals surface area contributed by atoms with Crippen molar-refractivity contribution in [3.8, 4) is 23.8 Å². The molecule has 0 spiro atoms. The van der Waals surface area contributed by atoms with Gasteiger partial charge in [0.25, 0.3) is 0 Å². The molecule has 0 aliphatic heterocycles. The number of terminal acetylenes is 1. The molecule has 1 aromatic heterocycles. The van der Waals surface area contributed by atoms with Crippen LogP contribution in [0.2, 0.25) is 5.02 Å². The molecule has 24 heavy (non-hydrogen) atoms. The van der Waals surface area contributed by atoms with E-state index in [0.29, 0.717) is 4.57 Å². The number of ether oxygens (including phenoxy) is 1. The lowest BCUT2D eigenvalue weighted by molar-refractivity contribution is 0.369. The second-order valence-corrected chi connectivity index (χ2v) is 5.40. The standard InChI is InChI=1S/C15H14ClFN4O3/c1-5-6-24-12-8-11(10(17)7-9(12)16)21-14(22)18-13(19(2)3)20(4)15(21)23/h1,7-8H,6H2,2-4H3. The van der Waals surface area contributed by atoms with E-state index in [2.05, 4.69) is 10.9 Å². The van der Waals surface area contributed by atoms with Gasteiger partial charge in [-0.05, 0) is 6.07 Å². The molecule has 7 nitrogen and oxygen atoms in total. The first-order chi connectivity index (χ1) is 11.3. The van der Waals surface area contributed by atoms with Crippen molar-refractivity contribution in [3.63, 3.8) is 0 Å². The minimum Gasteiger partial charge on any atom is -0.479 e. The van der Waals surface area contributed by atoms with E-state index in [1.807, 2.05) is 0 Å². The van der Waals surface area contributed by atoms with E-state index in [0.717, 1.165) is 16.7 Å². The van der Waals surface area contributed by atoms with Crippen molar-refractivity contribution in [2.24, 2.45) is 7.05 Å². The summed E-state index contributed by atoms with van der Waals surface area (Å²) in [6.45, 7) is -0.102. The van der Waals surface area contributed by atoms with Crippen LogP contribution in [0.15, 0.2) is 21.7 Å². The van der Waals surface area contributed by atoms with Gasteiger partial charge in [0, 0.05) is 27.2 Å². The summed E-state index contributed by atoms with van der Waals surface area (Å²) >= 11 is 5.88. The van der Waals surface area contributed by atoms with Crippen LogP contribution >= 0.6 is 11.6 Å². The van der Waals surface area contributed by atoms with Crippen LogP contribution in [0.25, 0.3) is 5.69 Å². The molecule has 0 aliphatic carbocycles. The van der Waals surface area contributed by atoms with Crippen molar-refractivity contribution in [3.05, 3.63) is 43.9 Å². The van der Waals surface area contributed by atoms with Crippen LogP contribution in [-0.2, 0) is 7.05 Å². The molecule has 0 fully saturated rings. The molecule has 0 atom stereocenters. The number of halogens is 2. The Morgan fingerprint density at radius 2 is 2.08 bits per heavy atom. The van der Waals surface area contributed by atoms with Crippen LogP contribution in [0.1, 0.15) is 0 Å². The van der Waals surface area contributed by atoms with Crippen molar-refractivity contribution in [2.75, 3.05) is 25.6 Å². The average molecular weight is 353 g/mol. The first-order valence-electron chi connectivity index (χ1n) is 6.71. The topological polar surface area (TPSA) is 69.4 Å². The molecule has 0 aliphatic rings. The second kappa shape index (κ2) is 6.76. The summed E-state index contributed by atoms with van der Waals surface area (Å²) in [5.41, 5.74) is -2.01. The lowest BCUT2D eigenvalue weighted by Gasteiger charge is -2.16. The van der Waals surface area contributed by atoms with E-state index in [4.69, 9.17) is 22.8 Å². The van der Waals surface area contributed by atoms with Crippen LogP contribution < -0.4 is 21.0 Å². The predicted octanol–water partition coefficient (Wildman–Crippen LogP) is 0.802. The minimum absolute atomic E-state index is 0.0331. The Balaban J connectivity index is 2.74. The molecule has 1 aromatic carbocycles. The highest BCUT2D eigenvalue weighted by Crippen LogP contribution is 2.28. The van der Waals surface area contributed by atoms with Crippen LogP contribution in [0.3, 0.4) is 0 Å². The van der Waals surface area contributed by atoms with Crippen LogP contribution in [0.5, 0.6) is 5.75 Å². The fourth-order valence-electron chi connectivity index (χ4n) is 2.05. The molecule has 0 amide bonds. The van der Waals surface area contributed by atoms with Crippen LogP contribution in [0, 0.1) is 18.2 Å². The monoisotopic (exact) mass is 352 g/mol. The molecule has 9 heteroatoms. The van der Waals surface area contributed by atoms with Gasteiger partial charge in [-0.15, -0.1) is 6.42 Å². The number of aromatic nitrogens is 3. The lowest BCUT2D eigenvalue weighted by atomic mass is 10.2. The molecule has 1 heterocycles. The number of rotatable bonds is 4. The van der Waals surface area contributed by atoms with E-state index in [1.165, 1.54) is 11.9 Å². The number of benzene rings is 1. The molecular weight excluding hydrogens is 339 g/mol. The third-order valence-electron chi connectivity index (χ3n) is 3.12. The first-order valence-corrected chi connectivity index (χ1v) is 7.08. The van der Waals surface area contributed by atoms with Crippen molar-refractivity contribution in [1.82, 2.24) is 14.1 Å². The van der Waals surface area contributed by atoms with Crippen molar-refractivity contribution >= 4 is 17.5 Å². The van der Waals surface area contributed by atoms with E-state index < -0.39 is 17.2 Å². The van der Waals surface area contributed by atoms with E-state index in [-0.39, 0.29) is 29.0 Å². The Hall–Kier alpha value is -2.79. The van der Waals surface area contributed by atoms with Gasteiger partial charge >= 0.3 is 11.4 Å². The zero-order valence-corrected chi connectivity index (χ0v) is 14.0. The van der Waals surface area contributed by atoms with E-state index >= 15 is 0 Å². The quantitative estimate of drug-likeness (QED) is 0.761. The maximum absolute atomic E-state index is 14.3. The molecule has 0 saturated heterocycles. The number of hydrogen-bond acceptors (Lipinski definition) is 5. The van der Waals surface area contributed by atoms with Crippen LogP contribution in [0.4, 0.5) is 10.3 Å². The highest BCUT2D eigenvalue weighted by Gasteiger charge is 2.18. The van der Waals surface area contributed by atoms with Crippen LogP contribution in [-0.4, -0.2) is 34.8 Å². The third kappa shape index (κ3) is 3.12. The maximum Gasteiger partial charge on any atom is 0.359 e. The second-order valence-electron chi connectivity index (χ2n) is 4.99. The zero-order chi connectivity index (χ0) is 18.0. The summed E-state index contributed by atoms with van der Waals surface area (Å²) in [4.78, 5) is 30.0. The van der Waals surface area contributed by atoms with Gasteiger partial charge < -0.3 is 9.64 Å². The molecule has 0 radical (unpaired) electrons. The van der Waals surface area contributed by atoms with Gasteiger partial charge in [-0.3, -0.25) is 4.57 Å². The summed E-state index contributed by atoms with van der Waals surface area (Å²) in [7, 11) is 4.67. The smallest absolute Gasteiger partial charge is 0.359 e. The largest absolute Gasteiger partial charge is 0.479 e. The Morgan fingerprint density at radius 1 is 1.42 bits per heavy atom. The average Bonchev–Trinajstić information content (AvgIpc) is 2.51. The van der Waals surface area contributed by atoms with E-state index in [9.17, 15) is 14.0 Å². The Kier molecular flexibility index (Phi) is 4.95. The molecular formula is C15H14ClFN4O3. The molecule has 0 N–H and O–H groups in total. The maximum atomic E-state index is 14.3. The minimum atomic E-state index is -0.925. The van der Waals surface area contributed by atoms with Crippen molar-refractivity contribution < 1.29 is 9.13 Å². The highest BCUT2D eigenvalue weighted by molar-refractivity contribution is 6.32. The fourth-order valence-corrected chi connectivity index (χ4v) is 2.26. The Labute approximate surface area is 141 Å². The lowest BCUT2D eigenvalue weighted by Crippen LogP contribution is -2.42. The fraction of sp³-hybridized carbons (Fsp3) is 0.267. The zero-order valence-electron chi connectivity index (χ0n) is 13.2. The highest BCUT2D eigenvalue weighted by atomic mass is 35.5. The summed E-state index contributed by atoms with van der Waals surface area (Å²) < 4.78 is 21.2. The van der Waals surface area contributed by atoms with Gasteiger partial charge in [0.2, 0.25) is 5.95 Å². The Morgan fingerprint density at radius 3 is 2.67 bits per heavy atom.